The van der Waals surface area contributed by atoms with Crippen LogP contribution in [0.15, 0.2) is 29.8 Å². The molecular formula is C19H25NO. The third kappa shape index (κ3) is 1.75. The molecule has 21 heavy (non-hydrogen) atoms. The van der Waals surface area contributed by atoms with Crippen molar-refractivity contribution in [2.45, 2.75) is 51.0 Å². The van der Waals surface area contributed by atoms with Gasteiger partial charge in [0.1, 0.15) is 5.75 Å². The summed E-state index contributed by atoms with van der Waals surface area (Å²) in [5.41, 5.74) is 4.62. The molecule has 3 aliphatic rings. The number of hydrogen-bond donors (Lipinski definition) is 1. The molecule has 0 radical (unpaired) electrons. The van der Waals surface area contributed by atoms with Gasteiger partial charge in [0.2, 0.25) is 0 Å². The standard InChI is InChI=1S/C19H25NO/c1-12-6-8-20-9-7-19(3)13(2)18(20)16(10-12)15-5-4-14(21)11-17(15)19/h4-6,11,13,16,18,21H,7-10H2,1-3H3/t13-,16+,18-,19+/m1/s1. The van der Waals surface area contributed by atoms with Crippen LogP contribution in [0.1, 0.15) is 50.7 Å². The molecule has 2 heteroatoms. The van der Waals surface area contributed by atoms with Gasteiger partial charge in [-0.05, 0) is 60.9 Å². The molecule has 0 amide bonds. The lowest BCUT2D eigenvalue weighted by Gasteiger charge is -2.57. The fraction of sp³-hybridized carbons (Fsp3) is 0.579. The predicted octanol–water partition coefficient (Wildman–Crippen LogP) is 3.81. The zero-order valence-electron chi connectivity index (χ0n) is 13.3. The van der Waals surface area contributed by atoms with Gasteiger partial charge in [0.05, 0.1) is 0 Å². The van der Waals surface area contributed by atoms with E-state index in [-0.39, 0.29) is 5.41 Å². The topological polar surface area (TPSA) is 23.5 Å². The van der Waals surface area contributed by atoms with E-state index in [9.17, 15) is 5.11 Å². The highest BCUT2D eigenvalue weighted by Crippen LogP contribution is 2.55. The maximum atomic E-state index is 10.00. The van der Waals surface area contributed by atoms with Crippen LogP contribution in [0.2, 0.25) is 0 Å². The fourth-order valence-corrected chi connectivity index (χ4v) is 5.12. The van der Waals surface area contributed by atoms with Crippen LogP contribution in [0.3, 0.4) is 0 Å². The van der Waals surface area contributed by atoms with Gasteiger partial charge >= 0.3 is 0 Å². The number of nitrogens with zero attached hydrogens (tertiary/aromatic N) is 1. The van der Waals surface area contributed by atoms with Crippen molar-refractivity contribution in [3.63, 3.8) is 0 Å². The van der Waals surface area contributed by atoms with Gasteiger partial charge in [-0.15, -0.1) is 0 Å². The highest BCUT2D eigenvalue weighted by atomic mass is 16.3. The zero-order chi connectivity index (χ0) is 14.8. The van der Waals surface area contributed by atoms with E-state index in [0.717, 1.165) is 6.54 Å². The van der Waals surface area contributed by atoms with Crippen molar-refractivity contribution in [1.29, 1.82) is 0 Å². The van der Waals surface area contributed by atoms with Gasteiger partial charge in [-0.2, -0.15) is 0 Å². The minimum Gasteiger partial charge on any atom is -0.508 e. The molecule has 0 unspecified atom stereocenters. The first-order chi connectivity index (χ1) is 10.0. The van der Waals surface area contributed by atoms with Crippen molar-refractivity contribution in [3.8, 4) is 5.75 Å². The Hall–Kier alpha value is -1.28. The summed E-state index contributed by atoms with van der Waals surface area (Å²) in [6, 6.07) is 6.76. The van der Waals surface area contributed by atoms with E-state index in [0.29, 0.717) is 23.6 Å². The Kier molecular flexibility index (Phi) is 2.78. The van der Waals surface area contributed by atoms with Gasteiger partial charge in [-0.3, -0.25) is 4.90 Å². The third-order valence-corrected chi connectivity index (χ3v) is 6.54. The molecule has 0 spiro atoms. The zero-order valence-corrected chi connectivity index (χ0v) is 13.3. The van der Waals surface area contributed by atoms with Gasteiger partial charge in [0.25, 0.3) is 0 Å². The normalized spacial score (nSPS) is 38.4. The van der Waals surface area contributed by atoms with E-state index in [1.807, 2.05) is 12.1 Å². The average Bonchev–Trinajstić information content (AvgIpc) is 2.62. The minimum atomic E-state index is 0.212. The number of benzene rings is 1. The van der Waals surface area contributed by atoms with Gasteiger partial charge in [-0.25, -0.2) is 0 Å². The molecule has 2 heterocycles. The molecule has 1 N–H and O–H groups in total. The lowest BCUT2D eigenvalue weighted by atomic mass is 9.55. The summed E-state index contributed by atoms with van der Waals surface area (Å²) in [4.78, 5) is 2.70. The molecule has 4 atom stereocenters. The lowest BCUT2D eigenvalue weighted by Crippen LogP contribution is -2.59. The Balaban J connectivity index is 1.95. The third-order valence-electron chi connectivity index (χ3n) is 6.54. The number of fused-ring (bicyclic) bond motifs is 4. The molecular weight excluding hydrogens is 258 g/mol. The van der Waals surface area contributed by atoms with E-state index >= 15 is 0 Å². The molecule has 112 valence electrons. The second kappa shape index (κ2) is 4.36. The molecule has 2 bridgehead atoms. The van der Waals surface area contributed by atoms with Crippen LogP contribution in [0.5, 0.6) is 5.75 Å². The number of phenols is 1. The first kappa shape index (κ1) is 13.4. The number of phenolic OH excluding ortho intramolecular Hbond substituents is 1. The van der Waals surface area contributed by atoms with Crippen molar-refractivity contribution in [2.75, 3.05) is 13.1 Å². The van der Waals surface area contributed by atoms with Crippen LogP contribution in [0.25, 0.3) is 0 Å². The number of hydrogen-bond acceptors (Lipinski definition) is 2. The Morgan fingerprint density at radius 1 is 1.33 bits per heavy atom. The number of rotatable bonds is 0. The molecule has 1 aromatic carbocycles. The second-order valence-electron chi connectivity index (χ2n) is 7.57. The fourth-order valence-electron chi connectivity index (χ4n) is 5.12. The molecule has 0 saturated carbocycles. The van der Waals surface area contributed by atoms with E-state index in [2.05, 4.69) is 37.8 Å². The molecule has 4 rings (SSSR count). The van der Waals surface area contributed by atoms with Gasteiger partial charge in [0.15, 0.2) is 0 Å². The Bertz CT molecular complexity index is 620. The number of piperidine rings is 1. The smallest absolute Gasteiger partial charge is 0.115 e. The van der Waals surface area contributed by atoms with E-state index in [1.54, 1.807) is 0 Å². The van der Waals surface area contributed by atoms with Crippen molar-refractivity contribution < 1.29 is 5.11 Å². The highest BCUT2D eigenvalue weighted by Gasteiger charge is 2.52. The van der Waals surface area contributed by atoms with Gasteiger partial charge in [0, 0.05) is 18.5 Å². The van der Waals surface area contributed by atoms with Crippen molar-refractivity contribution in [2.24, 2.45) is 5.92 Å². The molecule has 2 nitrogen and oxygen atoms in total. The lowest BCUT2D eigenvalue weighted by molar-refractivity contribution is 0.0238. The van der Waals surface area contributed by atoms with Crippen LogP contribution >= 0.6 is 0 Å². The van der Waals surface area contributed by atoms with Crippen molar-refractivity contribution in [1.82, 2.24) is 4.90 Å². The maximum Gasteiger partial charge on any atom is 0.115 e. The highest BCUT2D eigenvalue weighted by molar-refractivity contribution is 5.47. The van der Waals surface area contributed by atoms with Crippen molar-refractivity contribution >= 4 is 0 Å². The number of allylic oxidation sites excluding steroid dienone is 1. The molecule has 1 aromatic rings. The molecule has 1 fully saturated rings. The van der Waals surface area contributed by atoms with Crippen LogP contribution in [-0.4, -0.2) is 29.1 Å². The van der Waals surface area contributed by atoms with Crippen LogP contribution in [0, 0.1) is 5.92 Å². The Morgan fingerprint density at radius 2 is 2.14 bits per heavy atom. The van der Waals surface area contributed by atoms with Gasteiger partial charge < -0.3 is 5.11 Å². The van der Waals surface area contributed by atoms with E-state index < -0.39 is 0 Å². The summed E-state index contributed by atoms with van der Waals surface area (Å²) < 4.78 is 0. The largest absolute Gasteiger partial charge is 0.508 e. The predicted molar refractivity (Wildman–Crippen MR) is 85.7 cm³/mol. The maximum absolute atomic E-state index is 10.00. The molecule has 1 aliphatic carbocycles. The number of aromatic hydroxyl groups is 1. The second-order valence-corrected chi connectivity index (χ2v) is 7.57. The first-order valence-electron chi connectivity index (χ1n) is 8.24. The summed E-state index contributed by atoms with van der Waals surface area (Å²) in [7, 11) is 0. The SMILES string of the molecule is CC1=CCN2CC[C@]3(C)c4cc(O)ccc4[C@H](C1)[C@H]2[C@H]3C. The van der Waals surface area contributed by atoms with Crippen LogP contribution < -0.4 is 0 Å². The van der Waals surface area contributed by atoms with E-state index in [1.165, 1.54) is 36.1 Å². The molecule has 1 saturated heterocycles. The Labute approximate surface area is 127 Å². The van der Waals surface area contributed by atoms with Crippen LogP contribution in [0.4, 0.5) is 0 Å². The Morgan fingerprint density at radius 3 is 2.95 bits per heavy atom. The summed E-state index contributed by atoms with van der Waals surface area (Å²) in [6.45, 7) is 9.41. The summed E-state index contributed by atoms with van der Waals surface area (Å²) in [6.07, 6.45) is 4.79. The van der Waals surface area contributed by atoms with Crippen LogP contribution in [-0.2, 0) is 5.41 Å². The van der Waals surface area contributed by atoms with Gasteiger partial charge in [-0.1, -0.05) is 31.6 Å². The summed E-state index contributed by atoms with van der Waals surface area (Å²) in [5.74, 6) is 1.65. The molecule has 2 aliphatic heterocycles. The van der Waals surface area contributed by atoms with E-state index in [4.69, 9.17) is 0 Å². The quantitative estimate of drug-likeness (QED) is 0.732. The summed E-state index contributed by atoms with van der Waals surface area (Å²) in [5, 5.41) is 10.00. The summed E-state index contributed by atoms with van der Waals surface area (Å²) >= 11 is 0. The van der Waals surface area contributed by atoms with Crippen molar-refractivity contribution in [3.05, 3.63) is 41.0 Å². The average molecular weight is 283 g/mol. The monoisotopic (exact) mass is 283 g/mol. The minimum absolute atomic E-state index is 0.212. The molecule has 0 aromatic heterocycles. The first-order valence-corrected chi connectivity index (χ1v) is 8.24.